The van der Waals surface area contributed by atoms with Crippen molar-refractivity contribution >= 4 is 5.91 Å². The van der Waals surface area contributed by atoms with Gasteiger partial charge in [-0.05, 0) is 50.5 Å². The third-order valence-corrected chi connectivity index (χ3v) is 2.50. The monoisotopic (exact) mass is 249 g/mol. The van der Waals surface area contributed by atoms with Crippen molar-refractivity contribution in [2.75, 3.05) is 6.61 Å². The normalized spacial score (nSPS) is 10.8. The summed E-state index contributed by atoms with van der Waals surface area (Å²) in [5, 5.41) is 2.86. The third-order valence-electron chi connectivity index (χ3n) is 2.50. The summed E-state index contributed by atoms with van der Waals surface area (Å²) < 4.78 is 5.60. The van der Waals surface area contributed by atoms with Gasteiger partial charge in [0, 0.05) is 11.6 Å². The van der Waals surface area contributed by atoms with E-state index in [1.807, 2.05) is 26.0 Å². The predicted octanol–water partition coefficient (Wildman–Crippen LogP) is 3.25. The maximum Gasteiger partial charge on any atom is 0.251 e. The number of nitrogens with one attached hydrogen (secondary N) is 1. The summed E-state index contributed by atoms with van der Waals surface area (Å²) >= 11 is 0. The SMILES string of the molecule is CC(C)CCOc1ccc(C(=O)NC(C)C)cc1. The average molecular weight is 249 g/mol. The van der Waals surface area contributed by atoms with Crippen molar-refractivity contribution in [1.82, 2.24) is 5.32 Å². The second-order valence-electron chi connectivity index (χ2n) is 5.18. The molecule has 0 saturated carbocycles. The molecule has 1 aromatic rings. The topological polar surface area (TPSA) is 38.3 Å². The summed E-state index contributed by atoms with van der Waals surface area (Å²) in [6.07, 6.45) is 1.04. The zero-order chi connectivity index (χ0) is 13.5. The molecule has 0 atom stereocenters. The zero-order valence-corrected chi connectivity index (χ0v) is 11.7. The Balaban J connectivity index is 2.49. The molecule has 0 fully saturated rings. The molecule has 1 rings (SSSR count). The first kappa shape index (κ1) is 14.6. The first-order valence-electron chi connectivity index (χ1n) is 6.52. The van der Waals surface area contributed by atoms with Crippen molar-refractivity contribution in [3.63, 3.8) is 0 Å². The van der Waals surface area contributed by atoms with Gasteiger partial charge in [-0.2, -0.15) is 0 Å². The van der Waals surface area contributed by atoms with Crippen LogP contribution in [0, 0.1) is 5.92 Å². The van der Waals surface area contributed by atoms with Crippen LogP contribution in [0.2, 0.25) is 0 Å². The smallest absolute Gasteiger partial charge is 0.251 e. The number of hydrogen-bond donors (Lipinski definition) is 1. The van der Waals surface area contributed by atoms with Crippen LogP contribution >= 0.6 is 0 Å². The fourth-order valence-electron chi connectivity index (χ4n) is 1.46. The minimum atomic E-state index is -0.0428. The van der Waals surface area contributed by atoms with Crippen molar-refractivity contribution in [2.45, 2.75) is 40.2 Å². The molecule has 0 spiro atoms. The molecule has 0 aromatic heterocycles. The number of rotatable bonds is 6. The summed E-state index contributed by atoms with van der Waals surface area (Å²) in [5.41, 5.74) is 0.667. The molecule has 0 heterocycles. The van der Waals surface area contributed by atoms with E-state index in [9.17, 15) is 4.79 Å². The van der Waals surface area contributed by atoms with Crippen LogP contribution in [-0.4, -0.2) is 18.6 Å². The number of amides is 1. The van der Waals surface area contributed by atoms with Crippen LogP contribution in [0.1, 0.15) is 44.5 Å². The van der Waals surface area contributed by atoms with Gasteiger partial charge in [-0.1, -0.05) is 13.8 Å². The van der Waals surface area contributed by atoms with Crippen LogP contribution in [0.25, 0.3) is 0 Å². The van der Waals surface area contributed by atoms with Gasteiger partial charge in [0.25, 0.3) is 5.91 Å². The van der Waals surface area contributed by atoms with Crippen molar-refractivity contribution in [1.29, 1.82) is 0 Å². The molecule has 0 aliphatic rings. The number of ether oxygens (including phenoxy) is 1. The van der Waals surface area contributed by atoms with E-state index in [0.29, 0.717) is 11.5 Å². The van der Waals surface area contributed by atoms with Crippen LogP contribution in [0.3, 0.4) is 0 Å². The van der Waals surface area contributed by atoms with Crippen molar-refractivity contribution in [2.24, 2.45) is 5.92 Å². The molecule has 3 nitrogen and oxygen atoms in total. The Morgan fingerprint density at radius 3 is 2.28 bits per heavy atom. The molecular weight excluding hydrogens is 226 g/mol. The van der Waals surface area contributed by atoms with E-state index >= 15 is 0 Å². The highest BCUT2D eigenvalue weighted by molar-refractivity contribution is 5.94. The molecule has 0 radical (unpaired) electrons. The summed E-state index contributed by atoms with van der Waals surface area (Å²) in [6.45, 7) is 8.95. The van der Waals surface area contributed by atoms with Gasteiger partial charge in [0.15, 0.2) is 0 Å². The Hall–Kier alpha value is -1.51. The van der Waals surface area contributed by atoms with E-state index in [-0.39, 0.29) is 11.9 Å². The highest BCUT2D eigenvalue weighted by atomic mass is 16.5. The highest BCUT2D eigenvalue weighted by Gasteiger charge is 2.06. The molecule has 0 bridgehead atoms. The van der Waals surface area contributed by atoms with Gasteiger partial charge in [0.05, 0.1) is 6.61 Å². The quantitative estimate of drug-likeness (QED) is 0.840. The highest BCUT2D eigenvalue weighted by Crippen LogP contribution is 2.13. The van der Waals surface area contributed by atoms with E-state index in [2.05, 4.69) is 19.2 Å². The fourth-order valence-corrected chi connectivity index (χ4v) is 1.46. The van der Waals surface area contributed by atoms with Crippen LogP contribution in [0.15, 0.2) is 24.3 Å². The Morgan fingerprint density at radius 1 is 1.17 bits per heavy atom. The molecule has 100 valence electrons. The molecule has 18 heavy (non-hydrogen) atoms. The first-order valence-corrected chi connectivity index (χ1v) is 6.52. The Labute approximate surface area is 110 Å². The van der Waals surface area contributed by atoms with E-state index in [0.717, 1.165) is 18.8 Å². The summed E-state index contributed by atoms with van der Waals surface area (Å²) in [6, 6.07) is 7.43. The second-order valence-corrected chi connectivity index (χ2v) is 5.18. The lowest BCUT2D eigenvalue weighted by Crippen LogP contribution is -2.29. The third kappa shape index (κ3) is 5.21. The molecule has 1 N–H and O–H groups in total. The molecular formula is C15H23NO2. The van der Waals surface area contributed by atoms with E-state index in [1.165, 1.54) is 0 Å². The Kier molecular flexibility index (Phi) is 5.69. The van der Waals surface area contributed by atoms with Crippen LogP contribution in [0.5, 0.6) is 5.75 Å². The maximum atomic E-state index is 11.7. The number of carbonyl (C=O) groups is 1. The standard InChI is InChI=1S/C15H23NO2/c1-11(2)9-10-18-14-7-5-13(6-8-14)15(17)16-12(3)4/h5-8,11-12H,9-10H2,1-4H3,(H,16,17). The molecule has 3 heteroatoms. The first-order chi connectivity index (χ1) is 8.49. The van der Waals surface area contributed by atoms with E-state index < -0.39 is 0 Å². The molecule has 0 unspecified atom stereocenters. The minimum absolute atomic E-state index is 0.0428. The van der Waals surface area contributed by atoms with Crippen molar-refractivity contribution in [3.8, 4) is 5.75 Å². The molecule has 0 saturated heterocycles. The zero-order valence-electron chi connectivity index (χ0n) is 11.7. The van der Waals surface area contributed by atoms with Gasteiger partial charge in [-0.3, -0.25) is 4.79 Å². The molecule has 0 aliphatic carbocycles. The van der Waals surface area contributed by atoms with Gasteiger partial charge < -0.3 is 10.1 Å². The summed E-state index contributed by atoms with van der Waals surface area (Å²) in [5.74, 6) is 1.41. The Morgan fingerprint density at radius 2 is 1.78 bits per heavy atom. The van der Waals surface area contributed by atoms with Gasteiger partial charge in [0.1, 0.15) is 5.75 Å². The molecule has 1 aromatic carbocycles. The van der Waals surface area contributed by atoms with E-state index in [4.69, 9.17) is 4.74 Å². The number of hydrogen-bond acceptors (Lipinski definition) is 2. The van der Waals surface area contributed by atoms with Crippen LogP contribution in [0.4, 0.5) is 0 Å². The van der Waals surface area contributed by atoms with Crippen LogP contribution in [-0.2, 0) is 0 Å². The molecule has 0 aliphatic heterocycles. The lowest BCUT2D eigenvalue weighted by molar-refractivity contribution is 0.0943. The Bertz CT molecular complexity index is 369. The van der Waals surface area contributed by atoms with Crippen molar-refractivity contribution < 1.29 is 9.53 Å². The lowest BCUT2D eigenvalue weighted by Gasteiger charge is -2.10. The minimum Gasteiger partial charge on any atom is -0.494 e. The van der Waals surface area contributed by atoms with Crippen molar-refractivity contribution in [3.05, 3.63) is 29.8 Å². The number of carbonyl (C=O) groups excluding carboxylic acids is 1. The predicted molar refractivity (Wildman–Crippen MR) is 74.0 cm³/mol. The average Bonchev–Trinajstić information content (AvgIpc) is 2.28. The lowest BCUT2D eigenvalue weighted by atomic mass is 10.1. The maximum absolute atomic E-state index is 11.7. The van der Waals surface area contributed by atoms with E-state index in [1.54, 1.807) is 12.1 Å². The second kappa shape index (κ2) is 7.04. The molecule has 1 amide bonds. The van der Waals surface area contributed by atoms with Gasteiger partial charge in [0.2, 0.25) is 0 Å². The van der Waals surface area contributed by atoms with Crippen LogP contribution < -0.4 is 10.1 Å². The van der Waals surface area contributed by atoms with Gasteiger partial charge in [-0.25, -0.2) is 0 Å². The van der Waals surface area contributed by atoms with Gasteiger partial charge in [-0.15, -0.1) is 0 Å². The largest absolute Gasteiger partial charge is 0.494 e. The number of benzene rings is 1. The summed E-state index contributed by atoms with van der Waals surface area (Å²) in [4.78, 5) is 11.7. The van der Waals surface area contributed by atoms with Gasteiger partial charge >= 0.3 is 0 Å². The summed E-state index contributed by atoms with van der Waals surface area (Å²) in [7, 11) is 0. The fraction of sp³-hybridized carbons (Fsp3) is 0.533.